The lowest BCUT2D eigenvalue weighted by molar-refractivity contribution is -0.155. The van der Waals surface area contributed by atoms with Gasteiger partial charge in [-0.3, -0.25) is 9.59 Å². The van der Waals surface area contributed by atoms with Crippen LogP contribution >= 0.6 is 11.3 Å². The van der Waals surface area contributed by atoms with E-state index in [1.807, 2.05) is 35.7 Å². The van der Waals surface area contributed by atoms with Gasteiger partial charge in [0.1, 0.15) is 12.6 Å². The molecule has 150 valence electrons. The van der Waals surface area contributed by atoms with E-state index in [-0.39, 0.29) is 25.0 Å². The Morgan fingerprint density at radius 3 is 2.82 bits per heavy atom. The van der Waals surface area contributed by atoms with Crippen LogP contribution < -0.4 is 14.8 Å². The molecular formula is C20H24N2O5S. The highest BCUT2D eigenvalue weighted by molar-refractivity contribution is 7.09. The Morgan fingerprint density at radius 2 is 2.11 bits per heavy atom. The molecule has 1 aromatic carbocycles. The second kappa shape index (κ2) is 9.57. The second-order valence-electron chi connectivity index (χ2n) is 6.36. The summed E-state index contributed by atoms with van der Waals surface area (Å²) in [5, 5.41) is 4.87. The topological polar surface area (TPSA) is 77.1 Å². The zero-order chi connectivity index (χ0) is 19.9. The average molecular weight is 404 g/mol. The van der Waals surface area contributed by atoms with Gasteiger partial charge in [0.2, 0.25) is 11.8 Å². The third-order valence-corrected chi connectivity index (χ3v) is 5.43. The average Bonchev–Trinajstić information content (AvgIpc) is 3.22. The maximum Gasteiger partial charge on any atom is 0.249 e. The van der Waals surface area contributed by atoms with Crippen LogP contribution in [0.3, 0.4) is 0 Å². The van der Waals surface area contributed by atoms with Crippen molar-refractivity contribution < 1.29 is 23.8 Å². The van der Waals surface area contributed by atoms with Crippen molar-refractivity contribution in [2.45, 2.75) is 19.0 Å². The van der Waals surface area contributed by atoms with E-state index < -0.39 is 6.04 Å². The van der Waals surface area contributed by atoms with E-state index in [4.69, 9.17) is 14.2 Å². The summed E-state index contributed by atoms with van der Waals surface area (Å²) in [6.07, 6.45) is 0.637. The van der Waals surface area contributed by atoms with Gasteiger partial charge in [-0.05, 0) is 35.6 Å². The highest BCUT2D eigenvalue weighted by atomic mass is 32.1. The van der Waals surface area contributed by atoms with E-state index in [0.717, 1.165) is 10.4 Å². The number of carbonyl (C=O) groups excluding carboxylic acids is 2. The minimum Gasteiger partial charge on any atom is -0.493 e. The molecule has 3 rings (SSSR count). The zero-order valence-corrected chi connectivity index (χ0v) is 16.8. The maximum atomic E-state index is 12.7. The first-order valence-electron chi connectivity index (χ1n) is 9.00. The lowest BCUT2D eigenvalue weighted by atomic mass is 10.1. The Bertz CT molecular complexity index is 809. The molecule has 2 aromatic rings. The molecule has 28 heavy (non-hydrogen) atoms. The lowest BCUT2D eigenvalue weighted by Gasteiger charge is -2.34. The van der Waals surface area contributed by atoms with Crippen molar-refractivity contribution in [2.75, 3.05) is 34.0 Å². The molecule has 1 aliphatic heterocycles. The molecule has 1 aliphatic rings. The number of rotatable bonds is 8. The Kier molecular flexibility index (Phi) is 6.89. The van der Waals surface area contributed by atoms with Crippen molar-refractivity contribution in [2.24, 2.45) is 0 Å². The monoisotopic (exact) mass is 404 g/mol. The fourth-order valence-electron chi connectivity index (χ4n) is 3.07. The van der Waals surface area contributed by atoms with E-state index in [0.29, 0.717) is 31.0 Å². The first kappa shape index (κ1) is 20.2. The quantitative estimate of drug-likeness (QED) is 0.727. The van der Waals surface area contributed by atoms with Crippen LogP contribution in [0.15, 0.2) is 35.7 Å². The van der Waals surface area contributed by atoms with Crippen molar-refractivity contribution in [3.05, 3.63) is 46.2 Å². The number of ether oxygens (including phenoxy) is 3. The van der Waals surface area contributed by atoms with Gasteiger partial charge in [0, 0.05) is 11.4 Å². The fourth-order valence-corrected chi connectivity index (χ4v) is 3.78. The summed E-state index contributed by atoms with van der Waals surface area (Å²) in [7, 11) is 3.18. The number of carbonyl (C=O) groups is 2. The molecule has 8 heteroatoms. The highest BCUT2D eigenvalue weighted by Gasteiger charge is 2.34. The molecule has 0 spiro atoms. The Balaban J connectivity index is 1.57. The van der Waals surface area contributed by atoms with Gasteiger partial charge in [0.15, 0.2) is 11.5 Å². The molecule has 1 atom stereocenters. The normalized spacial score (nSPS) is 16.7. The highest BCUT2D eigenvalue weighted by Crippen LogP contribution is 2.27. The Labute approximate surface area is 168 Å². The summed E-state index contributed by atoms with van der Waals surface area (Å²) in [5.41, 5.74) is 1.02. The van der Waals surface area contributed by atoms with Crippen molar-refractivity contribution >= 4 is 23.2 Å². The number of nitrogens with one attached hydrogen (secondary N) is 1. The van der Waals surface area contributed by atoms with Crippen LogP contribution in [-0.2, 0) is 27.3 Å². The summed E-state index contributed by atoms with van der Waals surface area (Å²) in [5.74, 6) is 0.946. The number of nitrogens with zero attached hydrogens (tertiary/aromatic N) is 1. The number of methoxy groups -OCH3 is 2. The van der Waals surface area contributed by atoms with Crippen LogP contribution in [-0.4, -0.2) is 56.7 Å². The van der Waals surface area contributed by atoms with Gasteiger partial charge in [-0.25, -0.2) is 0 Å². The molecule has 0 bridgehead atoms. The van der Waals surface area contributed by atoms with Crippen LogP contribution in [0.2, 0.25) is 0 Å². The van der Waals surface area contributed by atoms with E-state index in [1.165, 1.54) is 0 Å². The summed E-state index contributed by atoms with van der Waals surface area (Å²) in [4.78, 5) is 27.6. The third kappa shape index (κ3) is 4.82. The van der Waals surface area contributed by atoms with Gasteiger partial charge < -0.3 is 24.4 Å². The van der Waals surface area contributed by atoms with Crippen molar-refractivity contribution in [3.63, 3.8) is 0 Å². The Morgan fingerprint density at radius 1 is 1.29 bits per heavy atom. The molecule has 1 aromatic heterocycles. The van der Waals surface area contributed by atoms with Crippen LogP contribution in [0.1, 0.15) is 10.4 Å². The maximum absolute atomic E-state index is 12.7. The van der Waals surface area contributed by atoms with Crippen LogP contribution in [0.25, 0.3) is 0 Å². The standard InChI is InChI=1S/C20H24N2O5S/c1-25-17-6-5-14(10-18(17)26-2)7-8-21-20(24)16-12-27-13-19(23)22(16)11-15-4-3-9-28-15/h3-6,9-10,16H,7-8,11-13H2,1-2H3,(H,21,24)/t16-/m1/s1. The van der Waals surface area contributed by atoms with E-state index in [1.54, 1.807) is 30.5 Å². The number of morpholine rings is 1. The van der Waals surface area contributed by atoms with Crippen LogP contribution in [0.5, 0.6) is 11.5 Å². The van der Waals surface area contributed by atoms with E-state index in [9.17, 15) is 9.59 Å². The third-order valence-electron chi connectivity index (χ3n) is 4.57. The van der Waals surface area contributed by atoms with Crippen molar-refractivity contribution in [1.29, 1.82) is 0 Å². The van der Waals surface area contributed by atoms with Gasteiger partial charge in [-0.15, -0.1) is 11.3 Å². The van der Waals surface area contributed by atoms with Gasteiger partial charge in [-0.1, -0.05) is 12.1 Å². The summed E-state index contributed by atoms with van der Waals surface area (Å²) in [6.45, 7) is 1.10. The predicted octanol–water partition coefficient (Wildman–Crippen LogP) is 1.85. The number of benzene rings is 1. The summed E-state index contributed by atoms with van der Waals surface area (Å²) < 4.78 is 15.8. The van der Waals surface area contributed by atoms with E-state index in [2.05, 4.69) is 5.32 Å². The van der Waals surface area contributed by atoms with Crippen LogP contribution in [0, 0.1) is 0 Å². The molecule has 7 nitrogen and oxygen atoms in total. The van der Waals surface area contributed by atoms with Gasteiger partial charge in [0.05, 0.1) is 27.4 Å². The van der Waals surface area contributed by atoms with Gasteiger partial charge in [-0.2, -0.15) is 0 Å². The minimum absolute atomic E-state index is 0.0147. The largest absolute Gasteiger partial charge is 0.493 e. The lowest BCUT2D eigenvalue weighted by Crippen LogP contribution is -2.56. The molecule has 0 unspecified atom stereocenters. The van der Waals surface area contributed by atoms with E-state index >= 15 is 0 Å². The SMILES string of the molecule is COc1ccc(CCNC(=O)[C@H]2COCC(=O)N2Cc2cccs2)cc1OC. The molecule has 0 aliphatic carbocycles. The first-order chi connectivity index (χ1) is 13.6. The van der Waals surface area contributed by atoms with Gasteiger partial charge in [0.25, 0.3) is 0 Å². The molecule has 1 N–H and O–H groups in total. The first-order valence-corrected chi connectivity index (χ1v) is 9.88. The summed E-state index contributed by atoms with van der Waals surface area (Å²) in [6, 6.07) is 8.94. The Hall–Kier alpha value is -2.58. The van der Waals surface area contributed by atoms with Gasteiger partial charge >= 0.3 is 0 Å². The summed E-state index contributed by atoms with van der Waals surface area (Å²) >= 11 is 1.57. The fraction of sp³-hybridized carbons (Fsp3) is 0.400. The number of hydrogen-bond donors (Lipinski definition) is 1. The van der Waals surface area contributed by atoms with Crippen LogP contribution in [0.4, 0.5) is 0 Å². The smallest absolute Gasteiger partial charge is 0.249 e. The molecule has 0 radical (unpaired) electrons. The zero-order valence-electron chi connectivity index (χ0n) is 16.0. The number of amides is 2. The van der Waals surface area contributed by atoms with Crippen molar-refractivity contribution in [3.8, 4) is 11.5 Å². The minimum atomic E-state index is -0.617. The molecule has 2 amide bonds. The molecule has 1 fully saturated rings. The second-order valence-corrected chi connectivity index (χ2v) is 7.39. The number of hydrogen-bond acceptors (Lipinski definition) is 6. The number of thiophene rings is 1. The predicted molar refractivity (Wildman–Crippen MR) is 106 cm³/mol. The molecule has 1 saturated heterocycles. The van der Waals surface area contributed by atoms with Crippen molar-refractivity contribution in [1.82, 2.24) is 10.2 Å². The molecule has 2 heterocycles. The molecular weight excluding hydrogens is 380 g/mol. The molecule has 0 saturated carbocycles.